The van der Waals surface area contributed by atoms with Gasteiger partial charge in [0.1, 0.15) is 11.2 Å². The monoisotopic (exact) mass is 320 g/mol. The van der Waals surface area contributed by atoms with Crippen LogP contribution in [0, 0.1) is 0 Å². The molecule has 2 aromatic heterocycles. The first-order valence-electron chi connectivity index (χ1n) is 7.19. The molecule has 0 saturated carbocycles. The lowest BCUT2D eigenvalue weighted by atomic mass is 10.2. The van der Waals surface area contributed by atoms with E-state index in [0.29, 0.717) is 18.1 Å². The molecule has 0 spiro atoms. The van der Waals surface area contributed by atoms with Gasteiger partial charge in [-0.3, -0.25) is 4.79 Å². The summed E-state index contributed by atoms with van der Waals surface area (Å²) in [5.41, 5.74) is 1.34. The van der Waals surface area contributed by atoms with E-state index in [1.54, 1.807) is 0 Å². The summed E-state index contributed by atoms with van der Waals surface area (Å²) in [6, 6.07) is 4.33. The molecule has 7 nitrogen and oxygen atoms in total. The Morgan fingerprint density at radius 3 is 3.09 bits per heavy atom. The van der Waals surface area contributed by atoms with Crippen LogP contribution >= 0.6 is 12.6 Å². The predicted molar refractivity (Wildman–Crippen MR) is 87.9 cm³/mol. The van der Waals surface area contributed by atoms with Gasteiger partial charge in [0.15, 0.2) is 5.82 Å². The molecule has 1 aliphatic heterocycles. The summed E-state index contributed by atoms with van der Waals surface area (Å²) in [7, 11) is 2.03. The van der Waals surface area contributed by atoms with Crippen LogP contribution in [0.25, 0.3) is 0 Å². The van der Waals surface area contributed by atoms with E-state index in [9.17, 15) is 4.79 Å². The maximum atomic E-state index is 11.8. The number of H-pyrrole nitrogens is 1. The van der Waals surface area contributed by atoms with Crippen molar-refractivity contribution in [3.05, 3.63) is 36.0 Å². The molecule has 3 heterocycles. The lowest BCUT2D eigenvalue weighted by Gasteiger charge is -2.35. The number of nitrogens with one attached hydrogen (secondary N) is 3. The number of nitrogens with zero attached hydrogens (tertiary/aromatic N) is 3. The minimum Gasteiger partial charge on any atom is -0.353 e. The van der Waals surface area contributed by atoms with Crippen molar-refractivity contribution in [3.63, 3.8) is 0 Å². The van der Waals surface area contributed by atoms with Gasteiger partial charge in [-0.2, -0.15) is 0 Å². The number of aromatic amines is 1. The molecule has 1 aliphatic rings. The molecule has 3 N–H and O–H groups in total. The Morgan fingerprint density at radius 1 is 1.55 bits per heavy atom. The van der Waals surface area contributed by atoms with Crippen LogP contribution in [-0.2, 0) is 13.6 Å². The molecule has 2 aromatic rings. The number of carbonyl (C=O) groups is 1. The molecule has 0 fully saturated rings. The summed E-state index contributed by atoms with van der Waals surface area (Å²) in [5, 5.41) is 6.28. The number of aryl methyl sites for hydroxylation is 1. The van der Waals surface area contributed by atoms with Crippen LogP contribution in [0.2, 0.25) is 0 Å². The van der Waals surface area contributed by atoms with Crippen LogP contribution in [0.15, 0.2) is 24.7 Å². The number of fused-ring (bicyclic) bond motifs is 1. The molecule has 2 unspecified atom stereocenters. The predicted octanol–water partition coefficient (Wildman–Crippen LogP) is 0.690. The summed E-state index contributed by atoms with van der Waals surface area (Å²) in [6.07, 6.45) is 3.56. The molecule has 118 valence electrons. The van der Waals surface area contributed by atoms with Crippen LogP contribution in [0.4, 0.5) is 5.82 Å². The summed E-state index contributed by atoms with van der Waals surface area (Å²) in [4.78, 5) is 20.9. The fraction of sp³-hybridized carbons (Fsp3) is 0.429. The third-order valence-corrected chi connectivity index (χ3v) is 4.24. The highest BCUT2D eigenvalue weighted by atomic mass is 32.1. The zero-order valence-corrected chi connectivity index (χ0v) is 13.5. The van der Waals surface area contributed by atoms with Gasteiger partial charge in [-0.15, -0.1) is 12.6 Å². The molecule has 22 heavy (non-hydrogen) atoms. The Morgan fingerprint density at radius 2 is 2.36 bits per heavy atom. The number of thiol groups is 1. The standard InChI is InChI=1S/C14H20N6OS/c1-9(15-6-10-4-3-5-19(10)2)7-20-12-11(16-8-17-12)13(21)18-14(20)22/h3-5,8-9,14-15,22H,6-7H2,1-2H3,(H,16,17)(H,18,21). The second-order valence-corrected chi connectivity index (χ2v) is 5.98. The summed E-state index contributed by atoms with van der Waals surface area (Å²) in [5.74, 6) is 0.476. The fourth-order valence-electron chi connectivity index (χ4n) is 2.56. The van der Waals surface area contributed by atoms with Crippen LogP contribution < -0.4 is 15.5 Å². The summed E-state index contributed by atoms with van der Waals surface area (Å²) in [6.45, 7) is 3.58. The van der Waals surface area contributed by atoms with Crippen molar-refractivity contribution >= 4 is 24.4 Å². The van der Waals surface area contributed by atoms with E-state index in [1.165, 1.54) is 12.0 Å². The van der Waals surface area contributed by atoms with Crippen molar-refractivity contribution in [1.29, 1.82) is 0 Å². The van der Waals surface area contributed by atoms with Crippen molar-refractivity contribution in [2.45, 2.75) is 25.0 Å². The van der Waals surface area contributed by atoms with Gasteiger partial charge in [-0.05, 0) is 19.1 Å². The number of aromatic nitrogens is 3. The van der Waals surface area contributed by atoms with Crippen LogP contribution in [0.3, 0.4) is 0 Å². The highest BCUT2D eigenvalue weighted by Gasteiger charge is 2.31. The molecule has 0 aromatic carbocycles. The zero-order valence-electron chi connectivity index (χ0n) is 12.6. The molecule has 0 bridgehead atoms. The Kier molecular flexibility index (Phi) is 4.12. The lowest BCUT2D eigenvalue weighted by molar-refractivity contribution is 0.0937. The minimum absolute atomic E-state index is 0.173. The third-order valence-electron chi connectivity index (χ3n) is 3.83. The van der Waals surface area contributed by atoms with Crippen molar-refractivity contribution in [2.24, 2.45) is 7.05 Å². The number of anilines is 1. The fourth-order valence-corrected chi connectivity index (χ4v) is 2.88. The molecule has 2 atom stereocenters. The first kappa shape index (κ1) is 15.0. The van der Waals surface area contributed by atoms with E-state index in [0.717, 1.165) is 6.54 Å². The molecule has 0 radical (unpaired) electrons. The SMILES string of the molecule is CC(CN1c2nc[nH]c2C(=O)NC1S)NCc1cccn1C. The molecule has 8 heteroatoms. The number of rotatable bonds is 5. The Labute approximate surface area is 134 Å². The lowest BCUT2D eigenvalue weighted by Crippen LogP contribution is -2.53. The van der Waals surface area contributed by atoms with E-state index >= 15 is 0 Å². The Hall–Kier alpha value is -1.93. The molecular weight excluding hydrogens is 300 g/mol. The van der Waals surface area contributed by atoms with E-state index in [1.807, 2.05) is 24.2 Å². The van der Waals surface area contributed by atoms with E-state index < -0.39 is 0 Å². The average molecular weight is 320 g/mol. The second-order valence-electron chi connectivity index (χ2n) is 5.49. The van der Waals surface area contributed by atoms with Gasteiger partial charge in [0.05, 0.1) is 6.33 Å². The quantitative estimate of drug-likeness (QED) is 0.611. The first-order valence-corrected chi connectivity index (χ1v) is 7.70. The van der Waals surface area contributed by atoms with Gasteiger partial charge in [0.2, 0.25) is 0 Å². The van der Waals surface area contributed by atoms with Gasteiger partial charge >= 0.3 is 0 Å². The topological polar surface area (TPSA) is 78.0 Å². The highest BCUT2D eigenvalue weighted by molar-refractivity contribution is 7.81. The normalized spacial score (nSPS) is 19.0. The largest absolute Gasteiger partial charge is 0.353 e. The van der Waals surface area contributed by atoms with Crippen molar-refractivity contribution in [3.8, 4) is 0 Å². The molecule has 0 aliphatic carbocycles. The summed E-state index contributed by atoms with van der Waals surface area (Å²) >= 11 is 4.44. The van der Waals surface area contributed by atoms with Crippen LogP contribution in [0.5, 0.6) is 0 Å². The third kappa shape index (κ3) is 2.84. The van der Waals surface area contributed by atoms with E-state index in [2.05, 4.69) is 50.8 Å². The van der Waals surface area contributed by atoms with Crippen molar-refractivity contribution in [1.82, 2.24) is 25.2 Å². The molecule has 0 saturated heterocycles. The number of hydrogen-bond acceptors (Lipinski definition) is 5. The first-order chi connectivity index (χ1) is 10.6. The smallest absolute Gasteiger partial charge is 0.273 e. The minimum atomic E-state index is -0.373. The highest BCUT2D eigenvalue weighted by Crippen LogP contribution is 2.23. The summed E-state index contributed by atoms with van der Waals surface area (Å²) < 4.78 is 2.09. The van der Waals surface area contributed by atoms with E-state index in [-0.39, 0.29) is 17.4 Å². The van der Waals surface area contributed by atoms with Crippen LogP contribution in [-0.4, -0.2) is 38.5 Å². The molecular formula is C14H20N6OS. The van der Waals surface area contributed by atoms with Gasteiger partial charge in [0, 0.05) is 38.1 Å². The number of hydrogen-bond donors (Lipinski definition) is 4. The number of imidazole rings is 1. The van der Waals surface area contributed by atoms with E-state index in [4.69, 9.17) is 0 Å². The average Bonchev–Trinajstić information content (AvgIpc) is 3.10. The Bertz CT molecular complexity index is 666. The van der Waals surface area contributed by atoms with Gasteiger partial charge in [-0.1, -0.05) is 0 Å². The maximum Gasteiger partial charge on any atom is 0.273 e. The molecule has 1 amide bonds. The van der Waals surface area contributed by atoms with Crippen molar-refractivity contribution < 1.29 is 4.79 Å². The van der Waals surface area contributed by atoms with Gasteiger partial charge in [-0.25, -0.2) is 4.98 Å². The second kappa shape index (κ2) is 6.05. The Balaban J connectivity index is 1.64. The maximum absolute atomic E-state index is 11.8. The zero-order chi connectivity index (χ0) is 15.7. The molecule has 3 rings (SSSR count). The number of carbonyl (C=O) groups excluding carboxylic acids is 1. The van der Waals surface area contributed by atoms with Gasteiger partial charge in [0.25, 0.3) is 5.91 Å². The van der Waals surface area contributed by atoms with Crippen molar-refractivity contribution in [2.75, 3.05) is 11.4 Å². The van der Waals surface area contributed by atoms with Crippen LogP contribution in [0.1, 0.15) is 23.1 Å². The van der Waals surface area contributed by atoms with Gasteiger partial charge < -0.3 is 25.1 Å². The number of amides is 1.